The molecule has 6 nitrogen and oxygen atoms in total. The average molecular weight is 317 g/mol. The van der Waals surface area contributed by atoms with Crippen molar-refractivity contribution in [1.82, 2.24) is 4.72 Å². The molecule has 0 spiro atoms. The third-order valence-electron chi connectivity index (χ3n) is 3.71. The van der Waals surface area contributed by atoms with Crippen LogP contribution in [0.2, 0.25) is 0 Å². The second-order valence-corrected chi connectivity index (χ2v) is 7.01. The van der Waals surface area contributed by atoms with E-state index in [1.807, 2.05) is 0 Å². The summed E-state index contributed by atoms with van der Waals surface area (Å²) in [6.07, 6.45) is 2.18. The van der Waals surface area contributed by atoms with Gasteiger partial charge in [0.15, 0.2) is 0 Å². The van der Waals surface area contributed by atoms with E-state index in [4.69, 9.17) is 10.2 Å². The maximum Gasteiger partial charge on any atom is 0.338 e. The Hall–Kier alpha value is -1.51. The van der Waals surface area contributed by atoms with Crippen LogP contribution in [0.25, 0.3) is 0 Å². The fraction of sp³-hybridized carbons (Fsp3) is 0.462. The molecule has 0 aliphatic heterocycles. The van der Waals surface area contributed by atoms with E-state index in [0.29, 0.717) is 6.42 Å². The normalized spacial score (nSPS) is 16.7. The number of aliphatic hydroxyl groups is 1. The maximum absolute atomic E-state index is 13.3. The Morgan fingerprint density at radius 3 is 2.57 bits per heavy atom. The second-order valence-electron chi connectivity index (χ2n) is 5.24. The number of hydrogen-bond donors (Lipinski definition) is 3. The highest BCUT2D eigenvalue weighted by Gasteiger charge is 2.42. The molecule has 1 aliphatic rings. The minimum absolute atomic E-state index is 0.0125. The Morgan fingerprint density at radius 2 is 2.05 bits per heavy atom. The van der Waals surface area contributed by atoms with E-state index in [-0.39, 0.29) is 23.5 Å². The molecule has 21 heavy (non-hydrogen) atoms. The Bertz CT molecular complexity index is 655. The van der Waals surface area contributed by atoms with Crippen LogP contribution in [0.4, 0.5) is 4.39 Å². The van der Waals surface area contributed by atoms with Gasteiger partial charge >= 0.3 is 5.97 Å². The molecule has 1 aromatic rings. The number of carboxylic acids is 1. The van der Waals surface area contributed by atoms with Gasteiger partial charge in [-0.25, -0.2) is 22.3 Å². The zero-order chi connectivity index (χ0) is 15.7. The summed E-state index contributed by atoms with van der Waals surface area (Å²) in [7, 11) is -3.91. The number of carboxylic acid groups (broad SMARTS) is 1. The SMILES string of the molecule is O=C(O)c1cc(S(=O)(=O)NCC2(CCO)CC2)ccc1F. The Labute approximate surface area is 121 Å². The van der Waals surface area contributed by atoms with Gasteiger partial charge in [0.2, 0.25) is 10.0 Å². The van der Waals surface area contributed by atoms with Crippen molar-refractivity contribution in [2.24, 2.45) is 5.41 Å². The van der Waals surface area contributed by atoms with Crippen LogP contribution >= 0.6 is 0 Å². The summed E-state index contributed by atoms with van der Waals surface area (Å²) in [4.78, 5) is 10.5. The van der Waals surface area contributed by atoms with E-state index in [2.05, 4.69) is 4.72 Å². The van der Waals surface area contributed by atoms with E-state index in [1.54, 1.807) is 0 Å². The molecule has 0 heterocycles. The van der Waals surface area contributed by atoms with Crippen molar-refractivity contribution < 1.29 is 27.8 Å². The van der Waals surface area contributed by atoms with Gasteiger partial charge in [0.25, 0.3) is 0 Å². The van der Waals surface area contributed by atoms with Crippen molar-refractivity contribution in [3.05, 3.63) is 29.6 Å². The van der Waals surface area contributed by atoms with Crippen molar-refractivity contribution in [2.75, 3.05) is 13.2 Å². The number of hydrogen-bond acceptors (Lipinski definition) is 4. The highest BCUT2D eigenvalue weighted by atomic mass is 32.2. The van der Waals surface area contributed by atoms with E-state index >= 15 is 0 Å². The van der Waals surface area contributed by atoms with Crippen molar-refractivity contribution in [3.8, 4) is 0 Å². The molecule has 8 heteroatoms. The predicted molar refractivity (Wildman–Crippen MR) is 71.9 cm³/mol. The Kier molecular flexibility index (Phi) is 4.31. The molecule has 3 N–H and O–H groups in total. The molecule has 0 amide bonds. The minimum Gasteiger partial charge on any atom is -0.478 e. The number of rotatable bonds is 7. The number of sulfonamides is 1. The van der Waals surface area contributed by atoms with Gasteiger partial charge in [-0.05, 0) is 42.9 Å². The quantitative estimate of drug-likeness (QED) is 0.695. The van der Waals surface area contributed by atoms with E-state index < -0.39 is 27.4 Å². The third-order valence-corrected chi connectivity index (χ3v) is 5.11. The van der Waals surface area contributed by atoms with E-state index in [1.165, 1.54) is 0 Å². The standard InChI is InChI=1S/C13H16FNO5S/c14-11-2-1-9(7-10(11)12(17)18)21(19,20)15-8-13(3-4-13)5-6-16/h1-2,7,15-16H,3-6,8H2,(H,17,18). The minimum atomic E-state index is -3.91. The van der Waals surface area contributed by atoms with Gasteiger partial charge < -0.3 is 10.2 Å². The molecule has 2 rings (SSSR count). The molecule has 116 valence electrons. The number of halogens is 1. The van der Waals surface area contributed by atoms with E-state index in [9.17, 15) is 17.6 Å². The molecular weight excluding hydrogens is 301 g/mol. The summed E-state index contributed by atoms with van der Waals surface area (Å²) in [6.45, 7) is 0.164. The molecule has 1 fully saturated rings. The smallest absolute Gasteiger partial charge is 0.338 e. The van der Waals surface area contributed by atoms with Crippen molar-refractivity contribution in [1.29, 1.82) is 0 Å². The lowest BCUT2D eigenvalue weighted by atomic mass is 10.0. The lowest BCUT2D eigenvalue weighted by Crippen LogP contribution is -2.31. The molecule has 0 bridgehead atoms. The molecular formula is C13H16FNO5S. The van der Waals surface area contributed by atoms with Crippen LogP contribution in [0.15, 0.2) is 23.1 Å². The van der Waals surface area contributed by atoms with Crippen LogP contribution in [0.1, 0.15) is 29.6 Å². The molecule has 1 aromatic carbocycles. The number of aliphatic hydroxyl groups excluding tert-OH is 1. The van der Waals surface area contributed by atoms with Gasteiger partial charge in [-0.15, -0.1) is 0 Å². The highest BCUT2D eigenvalue weighted by molar-refractivity contribution is 7.89. The lowest BCUT2D eigenvalue weighted by molar-refractivity contribution is 0.0691. The zero-order valence-electron chi connectivity index (χ0n) is 11.2. The average Bonchev–Trinajstić information content (AvgIpc) is 3.17. The first-order valence-corrected chi connectivity index (χ1v) is 7.91. The largest absolute Gasteiger partial charge is 0.478 e. The summed E-state index contributed by atoms with van der Waals surface area (Å²) in [6, 6.07) is 2.64. The van der Waals surface area contributed by atoms with Gasteiger partial charge in [0.05, 0.1) is 10.5 Å². The summed E-state index contributed by atoms with van der Waals surface area (Å²) in [5, 5.41) is 17.7. The van der Waals surface area contributed by atoms with E-state index in [0.717, 1.165) is 31.0 Å². The van der Waals surface area contributed by atoms with Crippen molar-refractivity contribution in [3.63, 3.8) is 0 Å². The first-order chi connectivity index (χ1) is 9.80. The number of aromatic carboxylic acids is 1. The van der Waals surface area contributed by atoms with Crippen LogP contribution in [0.3, 0.4) is 0 Å². The molecule has 0 aromatic heterocycles. The summed E-state index contributed by atoms with van der Waals surface area (Å²) >= 11 is 0. The molecule has 1 aliphatic carbocycles. The van der Waals surface area contributed by atoms with Crippen molar-refractivity contribution >= 4 is 16.0 Å². The maximum atomic E-state index is 13.3. The highest BCUT2D eigenvalue weighted by Crippen LogP contribution is 2.48. The summed E-state index contributed by atoms with van der Waals surface area (Å²) in [5.74, 6) is -2.51. The molecule has 0 unspecified atom stereocenters. The predicted octanol–water partition coefficient (Wildman–Crippen LogP) is 0.965. The van der Waals surface area contributed by atoms with Crippen LogP contribution in [0.5, 0.6) is 0 Å². The second kappa shape index (κ2) is 5.70. The van der Waals surface area contributed by atoms with Gasteiger partial charge in [0, 0.05) is 13.2 Å². The first-order valence-electron chi connectivity index (χ1n) is 6.43. The van der Waals surface area contributed by atoms with Gasteiger partial charge in [0.1, 0.15) is 5.82 Å². The monoisotopic (exact) mass is 317 g/mol. The summed E-state index contributed by atoms with van der Waals surface area (Å²) < 4.78 is 39.9. The molecule has 0 saturated heterocycles. The first kappa shape index (κ1) is 15.9. The van der Waals surface area contributed by atoms with Crippen LogP contribution in [-0.2, 0) is 10.0 Å². The number of carbonyl (C=O) groups is 1. The topological polar surface area (TPSA) is 104 Å². The lowest BCUT2D eigenvalue weighted by Gasteiger charge is -2.15. The van der Waals surface area contributed by atoms with Crippen molar-refractivity contribution in [2.45, 2.75) is 24.2 Å². The van der Waals surface area contributed by atoms with Gasteiger partial charge in [-0.3, -0.25) is 0 Å². The van der Waals surface area contributed by atoms with Crippen LogP contribution in [-0.4, -0.2) is 37.8 Å². The van der Waals surface area contributed by atoms with Gasteiger partial charge in [-0.1, -0.05) is 0 Å². The molecule has 0 atom stereocenters. The summed E-state index contributed by atoms with van der Waals surface area (Å²) in [5.41, 5.74) is -0.897. The van der Waals surface area contributed by atoms with Crippen LogP contribution in [0, 0.1) is 11.2 Å². The van der Waals surface area contributed by atoms with Crippen LogP contribution < -0.4 is 4.72 Å². The fourth-order valence-corrected chi connectivity index (χ4v) is 3.28. The molecule has 0 radical (unpaired) electrons. The molecule has 1 saturated carbocycles. The number of benzene rings is 1. The third kappa shape index (κ3) is 3.58. The van der Waals surface area contributed by atoms with Gasteiger partial charge in [-0.2, -0.15) is 0 Å². The Morgan fingerprint density at radius 1 is 1.38 bits per heavy atom. The fourth-order valence-electron chi connectivity index (χ4n) is 2.10. The number of nitrogens with one attached hydrogen (secondary N) is 1. The Balaban J connectivity index is 2.16. The zero-order valence-corrected chi connectivity index (χ0v) is 12.0.